The van der Waals surface area contributed by atoms with Crippen molar-refractivity contribution in [1.82, 2.24) is 0 Å². The van der Waals surface area contributed by atoms with E-state index in [1.165, 1.54) is 12.2 Å². The highest BCUT2D eigenvalue weighted by Gasteiger charge is 2.75. The maximum absolute atomic E-state index is 16.9. The molecule has 4 aliphatic carbocycles. The van der Waals surface area contributed by atoms with Crippen LogP contribution in [-0.2, 0) is 20.8 Å². The standard InChI is InChI=1S/C22H29FO5.C14H8I4O4/c1-12-8-16-15-5-4-13-9-14(25)6-7-19(13,2)21(15,23)17(26)10-20(16,3)22(12,28)18(27)11-24;15-8-4-7(5-9(16)13(8)21)22-14-10(17)1-6(2-11(14)18)3-12(19)20/h6-7,9,12,15-17,24,26,28H,4-5,8,10-11H2,1-3H3;1-2,4-5,21H,3H2,(H,19,20)/t12-,15-,16-,17-,19-,20-,21-,22-;/m0./s1. The second-order valence-corrected chi connectivity index (χ2v) is 18.7. The normalized spacial score (nSPS) is 34.1. The van der Waals surface area contributed by atoms with Crippen molar-refractivity contribution < 1.29 is 49.0 Å². The number of Topliss-reactive ketones (excluding diaryl/α,β-unsaturated/α-hetero) is 1. The quantitative estimate of drug-likeness (QED) is 0.190. The topological polar surface area (TPSA) is 162 Å². The smallest absolute Gasteiger partial charge is 0.307 e. The lowest BCUT2D eigenvalue weighted by atomic mass is 9.44. The summed E-state index contributed by atoms with van der Waals surface area (Å²) in [4.78, 5) is 35.2. The predicted molar refractivity (Wildman–Crippen MR) is 217 cm³/mol. The van der Waals surface area contributed by atoms with Crippen molar-refractivity contribution in [2.24, 2.45) is 28.6 Å². The first-order valence-corrected chi connectivity index (χ1v) is 20.3. The van der Waals surface area contributed by atoms with E-state index in [-0.39, 0.29) is 30.3 Å². The van der Waals surface area contributed by atoms with Gasteiger partial charge in [-0.15, -0.1) is 0 Å². The van der Waals surface area contributed by atoms with Crippen molar-refractivity contribution in [3.8, 4) is 17.2 Å². The van der Waals surface area contributed by atoms with Gasteiger partial charge in [-0.1, -0.05) is 25.5 Å². The molecule has 0 saturated heterocycles. The number of rotatable bonds is 6. The number of hydrogen-bond acceptors (Lipinski definition) is 8. The molecule has 2 aromatic carbocycles. The van der Waals surface area contributed by atoms with Crippen molar-refractivity contribution in [2.75, 3.05) is 6.61 Å². The van der Waals surface area contributed by atoms with Crippen LogP contribution in [0.25, 0.3) is 0 Å². The molecule has 50 heavy (non-hydrogen) atoms. The molecule has 0 spiro atoms. The van der Waals surface area contributed by atoms with Gasteiger partial charge in [0.15, 0.2) is 23.0 Å². The van der Waals surface area contributed by atoms with Gasteiger partial charge in [0, 0.05) is 16.7 Å². The Bertz CT molecular complexity index is 1770. The number of carboxylic acid groups (broad SMARTS) is 1. The highest BCUT2D eigenvalue weighted by Crippen LogP contribution is 2.70. The number of phenolic OH excluding ortho intramolecular Hbond substituents is 1. The number of halogens is 5. The van der Waals surface area contributed by atoms with Crippen molar-refractivity contribution in [2.45, 2.75) is 70.2 Å². The van der Waals surface area contributed by atoms with Crippen LogP contribution in [0.3, 0.4) is 0 Å². The number of carboxylic acids is 1. The zero-order valence-corrected chi connectivity index (χ0v) is 36.0. The van der Waals surface area contributed by atoms with Gasteiger partial charge in [0.1, 0.15) is 23.7 Å². The average Bonchev–Trinajstić information content (AvgIpc) is 3.23. The van der Waals surface area contributed by atoms with E-state index in [2.05, 4.69) is 90.4 Å². The number of carbonyl (C=O) groups excluding carboxylic acids is 2. The lowest BCUT2D eigenvalue weighted by Crippen LogP contribution is -2.69. The molecule has 8 atom stereocenters. The summed E-state index contributed by atoms with van der Waals surface area (Å²) in [5.74, 6) is -1.41. The third-order valence-electron chi connectivity index (χ3n) is 11.4. The number of fused-ring (bicyclic) bond motifs is 5. The summed E-state index contributed by atoms with van der Waals surface area (Å²) in [6.45, 7) is 4.48. The predicted octanol–water partition coefficient (Wildman–Crippen LogP) is 7.13. The van der Waals surface area contributed by atoms with Crippen LogP contribution in [-0.4, -0.2) is 67.0 Å². The van der Waals surface area contributed by atoms with Gasteiger partial charge in [-0.05, 0) is 177 Å². The molecule has 6 rings (SSSR count). The summed E-state index contributed by atoms with van der Waals surface area (Å²) in [6.07, 6.45) is 4.43. The highest BCUT2D eigenvalue weighted by molar-refractivity contribution is 14.1. The second kappa shape index (κ2) is 14.7. The number of aromatic hydroxyl groups is 1. The minimum Gasteiger partial charge on any atom is -0.506 e. The number of aliphatic carboxylic acids is 1. The minimum atomic E-state index is -1.98. The number of alkyl halides is 1. The molecule has 0 aromatic heterocycles. The van der Waals surface area contributed by atoms with Gasteiger partial charge < -0.3 is 30.3 Å². The Morgan fingerprint density at radius 1 is 1.02 bits per heavy atom. The van der Waals surface area contributed by atoms with Crippen molar-refractivity contribution in [3.05, 3.63) is 67.9 Å². The number of carbonyl (C=O) groups is 3. The molecular formula is C36H37FI4O9. The Labute approximate surface area is 344 Å². The van der Waals surface area contributed by atoms with E-state index >= 15 is 4.39 Å². The maximum atomic E-state index is 16.9. The molecule has 4 aliphatic rings. The van der Waals surface area contributed by atoms with Gasteiger partial charge in [-0.3, -0.25) is 14.4 Å². The number of aliphatic hydroxyl groups is 3. The van der Waals surface area contributed by atoms with Crippen molar-refractivity contribution in [3.63, 3.8) is 0 Å². The maximum Gasteiger partial charge on any atom is 0.307 e. The fraction of sp³-hybridized carbons (Fsp3) is 0.472. The minimum absolute atomic E-state index is 0.0126. The van der Waals surface area contributed by atoms with Crippen LogP contribution < -0.4 is 4.74 Å². The summed E-state index contributed by atoms with van der Waals surface area (Å²) in [7, 11) is 0. The zero-order valence-electron chi connectivity index (χ0n) is 27.4. The Balaban J connectivity index is 0.000000201. The number of aliphatic hydroxyl groups excluding tert-OH is 2. The Kier molecular flexibility index (Phi) is 11.8. The van der Waals surface area contributed by atoms with E-state index in [9.17, 15) is 34.8 Å². The van der Waals surface area contributed by atoms with E-state index in [1.54, 1.807) is 39.0 Å². The van der Waals surface area contributed by atoms with Gasteiger partial charge >= 0.3 is 5.97 Å². The van der Waals surface area contributed by atoms with Crippen LogP contribution in [0.15, 0.2) is 48.1 Å². The summed E-state index contributed by atoms with van der Waals surface area (Å²) >= 11 is 8.37. The number of phenols is 1. The fourth-order valence-corrected chi connectivity index (χ4v) is 12.8. The van der Waals surface area contributed by atoms with E-state index in [0.29, 0.717) is 43.5 Å². The molecule has 14 heteroatoms. The lowest BCUT2D eigenvalue weighted by molar-refractivity contribution is -0.219. The molecule has 3 fully saturated rings. The van der Waals surface area contributed by atoms with Crippen LogP contribution >= 0.6 is 90.4 Å². The molecule has 0 unspecified atom stereocenters. The van der Waals surface area contributed by atoms with Gasteiger partial charge in [-0.25, -0.2) is 4.39 Å². The Morgan fingerprint density at radius 3 is 2.18 bits per heavy atom. The van der Waals surface area contributed by atoms with Crippen molar-refractivity contribution >= 4 is 108 Å². The fourth-order valence-electron chi connectivity index (χ4n) is 8.97. The molecule has 2 aromatic rings. The molecule has 3 saturated carbocycles. The molecule has 9 nitrogen and oxygen atoms in total. The van der Waals surface area contributed by atoms with Crippen molar-refractivity contribution in [1.29, 1.82) is 0 Å². The third-order valence-corrected chi connectivity index (χ3v) is 14.7. The average molecular weight is 1140 g/mol. The number of hydrogen-bond donors (Lipinski definition) is 5. The first-order chi connectivity index (χ1) is 23.2. The molecule has 0 amide bonds. The number of allylic oxidation sites excluding steroid dienone is 4. The molecule has 0 heterocycles. The van der Waals surface area contributed by atoms with Crippen LogP contribution in [0.5, 0.6) is 17.2 Å². The van der Waals surface area contributed by atoms with Crippen LogP contribution in [0, 0.1) is 42.9 Å². The Morgan fingerprint density at radius 2 is 1.62 bits per heavy atom. The second-order valence-electron chi connectivity index (χ2n) is 14.0. The summed E-state index contributed by atoms with van der Waals surface area (Å²) in [5, 5.41) is 50.6. The summed E-state index contributed by atoms with van der Waals surface area (Å²) in [6, 6.07) is 7.13. The lowest BCUT2D eigenvalue weighted by Gasteiger charge is -2.62. The van der Waals surface area contributed by atoms with Crippen LogP contribution in [0.1, 0.15) is 52.0 Å². The molecule has 0 aliphatic heterocycles. The number of benzene rings is 2. The van der Waals surface area contributed by atoms with Gasteiger partial charge in [-0.2, -0.15) is 0 Å². The van der Waals surface area contributed by atoms with E-state index < -0.39 is 58.4 Å². The summed E-state index contributed by atoms with van der Waals surface area (Å²) in [5.41, 5.74) is -4.43. The first kappa shape index (κ1) is 40.2. The van der Waals surface area contributed by atoms with E-state index in [4.69, 9.17) is 9.84 Å². The molecule has 0 radical (unpaired) electrons. The van der Waals surface area contributed by atoms with Gasteiger partial charge in [0.25, 0.3) is 0 Å². The molecule has 5 N–H and O–H groups in total. The van der Waals surface area contributed by atoms with Crippen LogP contribution in [0.2, 0.25) is 0 Å². The largest absolute Gasteiger partial charge is 0.506 e. The van der Waals surface area contributed by atoms with Gasteiger partial charge in [0.2, 0.25) is 0 Å². The van der Waals surface area contributed by atoms with E-state index in [1.807, 2.05) is 12.1 Å². The summed E-state index contributed by atoms with van der Waals surface area (Å²) < 4.78 is 25.9. The van der Waals surface area contributed by atoms with Crippen LogP contribution in [0.4, 0.5) is 4.39 Å². The molecule has 270 valence electrons. The number of ether oxygens (including phenoxy) is 1. The first-order valence-electron chi connectivity index (χ1n) is 16.0. The van der Waals surface area contributed by atoms with E-state index in [0.717, 1.165) is 12.7 Å². The highest BCUT2D eigenvalue weighted by atomic mass is 127. The van der Waals surface area contributed by atoms with Gasteiger partial charge in [0.05, 0.1) is 26.8 Å². The monoisotopic (exact) mass is 1140 g/mol. The number of ketones is 2. The SMILES string of the molecule is C[C@H]1C[C@H]2[C@@H]3CCC4=CC(=O)C=C[C@]4(C)[C@@]3(F)[C@@H](O)C[C@]2(C)[C@@]1(O)C(=O)CO.O=C(O)Cc1cc(I)c(Oc2cc(I)c(O)c(I)c2)c(I)c1. The zero-order chi connectivity index (χ0) is 37.1. The Hall–Kier alpha value is -0.940. The molecule has 0 bridgehead atoms. The third kappa shape index (κ3) is 6.59. The molecular weight excluding hydrogens is 1100 g/mol.